The predicted molar refractivity (Wildman–Crippen MR) is 100 cm³/mol. The van der Waals surface area contributed by atoms with Crippen molar-refractivity contribution in [2.45, 2.75) is 0 Å². The molecule has 0 bridgehead atoms. The summed E-state index contributed by atoms with van der Waals surface area (Å²) in [6, 6.07) is 14.1. The quantitative estimate of drug-likeness (QED) is 0.545. The monoisotopic (exact) mass is 361 g/mol. The molecule has 0 spiro atoms. The molecule has 0 aliphatic heterocycles. The Kier molecular flexibility index (Phi) is 4.18. The Morgan fingerprint density at radius 2 is 2.00 bits per heavy atom. The van der Waals surface area contributed by atoms with E-state index >= 15 is 0 Å². The number of anilines is 2. The lowest BCUT2D eigenvalue weighted by Gasteiger charge is -2.11. The van der Waals surface area contributed by atoms with Crippen molar-refractivity contribution in [1.82, 2.24) is 9.97 Å². The Morgan fingerprint density at radius 3 is 2.78 bits per heavy atom. The number of carboxylic acid groups (broad SMARTS) is 1. The first-order valence-electron chi connectivity index (χ1n) is 8.13. The summed E-state index contributed by atoms with van der Waals surface area (Å²) < 4.78 is 11.1. The smallest absolute Gasteiger partial charge is 0.335 e. The van der Waals surface area contributed by atoms with E-state index in [-0.39, 0.29) is 5.56 Å². The zero-order valence-electron chi connectivity index (χ0n) is 14.3. The highest BCUT2D eigenvalue weighted by molar-refractivity contribution is 5.90. The van der Waals surface area contributed by atoms with E-state index in [0.717, 1.165) is 11.0 Å². The molecule has 0 aliphatic rings. The summed E-state index contributed by atoms with van der Waals surface area (Å²) in [6.45, 7) is 0. The maximum Gasteiger partial charge on any atom is 0.335 e. The molecular formula is C20H15N3O4. The zero-order chi connectivity index (χ0) is 18.8. The normalized spacial score (nSPS) is 10.7. The highest BCUT2D eigenvalue weighted by atomic mass is 16.5. The number of benzene rings is 2. The summed E-state index contributed by atoms with van der Waals surface area (Å²) in [5.41, 5.74) is 1.95. The molecule has 7 heteroatoms. The maximum atomic E-state index is 11.2. The third-order valence-corrected chi connectivity index (χ3v) is 4.02. The number of aromatic carboxylic acids is 1. The SMILES string of the molecule is COc1ccc(C(=O)O)cc1Nc1cncc(-c2cc3ccccc3o2)n1. The topological polar surface area (TPSA) is 97.5 Å². The Hall–Kier alpha value is -3.87. The summed E-state index contributed by atoms with van der Waals surface area (Å²) in [6.07, 6.45) is 3.15. The number of hydrogen-bond acceptors (Lipinski definition) is 6. The first-order valence-corrected chi connectivity index (χ1v) is 8.13. The van der Waals surface area contributed by atoms with Crippen LogP contribution >= 0.6 is 0 Å². The van der Waals surface area contributed by atoms with Gasteiger partial charge in [0, 0.05) is 5.39 Å². The third kappa shape index (κ3) is 3.30. The minimum Gasteiger partial charge on any atom is -0.495 e. The molecule has 4 rings (SSSR count). The Morgan fingerprint density at radius 1 is 1.15 bits per heavy atom. The van der Waals surface area contributed by atoms with Crippen molar-refractivity contribution in [2.24, 2.45) is 0 Å². The van der Waals surface area contributed by atoms with Gasteiger partial charge in [-0.2, -0.15) is 0 Å². The molecule has 7 nitrogen and oxygen atoms in total. The molecule has 2 aromatic heterocycles. The van der Waals surface area contributed by atoms with Gasteiger partial charge in [0.05, 0.1) is 30.8 Å². The van der Waals surface area contributed by atoms with Crippen molar-refractivity contribution in [3.8, 4) is 17.2 Å². The first kappa shape index (κ1) is 16.6. The van der Waals surface area contributed by atoms with Crippen molar-refractivity contribution >= 4 is 28.4 Å². The molecule has 0 aliphatic carbocycles. The van der Waals surface area contributed by atoms with Gasteiger partial charge in [0.15, 0.2) is 5.76 Å². The van der Waals surface area contributed by atoms with Gasteiger partial charge in [0.25, 0.3) is 0 Å². The van der Waals surface area contributed by atoms with Gasteiger partial charge in [0.1, 0.15) is 22.8 Å². The Bertz CT molecular complexity index is 1100. The molecule has 0 unspecified atom stereocenters. The van der Waals surface area contributed by atoms with Gasteiger partial charge >= 0.3 is 5.97 Å². The fourth-order valence-electron chi connectivity index (χ4n) is 2.73. The van der Waals surface area contributed by atoms with Crippen molar-refractivity contribution in [2.75, 3.05) is 12.4 Å². The standard InChI is InChI=1S/C20H15N3O4/c1-26-17-7-6-13(20(24)25)8-14(17)22-19-11-21-10-15(23-19)18-9-12-4-2-3-5-16(12)27-18/h2-11H,1H3,(H,22,23)(H,24,25). The van der Waals surface area contributed by atoms with Crippen LogP contribution in [-0.2, 0) is 0 Å². The molecule has 0 saturated heterocycles. The number of ether oxygens (including phenoxy) is 1. The highest BCUT2D eigenvalue weighted by Crippen LogP contribution is 2.30. The Labute approximate surface area is 154 Å². The van der Waals surface area contributed by atoms with Gasteiger partial charge in [-0.1, -0.05) is 18.2 Å². The summed E-state index contributed by atoms with van der Waals surface area (Å²) in [7, 11) is 1.51. The van der Waals surface area contributed by atoms with Crippen molar-refractivity contribution in [3.05, 3.63) is 66.5 Å². The van der Waals surface area contributed by atoms with E-state index in [1.165, 1.54) is 19.2 Å². The molecule has 134 valence electrons. The largest absolute Gasteiger partial charge is 0.495 e. The van der Waals surface area contributed by atoms with E-state index in [4.69, 9.17) is 9.15 Å². The second-order valence-corrected chi connectivity index (χ2v) is 5.78. The van der Waals surface area contributed by atoms with E-state index in [0.29, 0.717) is 28.7 Å². The van der Waals surface area contributed by atoms with E-state index < -0.39 is 5.97 Å². The van der Waals surface area contributed by atoms with Crippen LogP contribution in [0, 0.1) is 0 Å². The van der Waals surface area contributed by atoms with Gasteiger partial charge in [-0.15, -0.1) is 0 Å². The number of nitrogens with zero attached hydrogens (tertiary/aromatic N) is 2. The number of rotatable bonds is 5. The summed E-state index contributed by atoms with van der Waals surface area (Å²) >= 11 is 0. The highest BCUT2D eigenvalue weighted by Gasteiger charge is 2.12. The van der Waals surface area contributed by atoms with Crippen molar-refractivity contribution in [3.63, 3.8) is 0 Å². The van der Waals surface area contributed by atoms with Crippen LogP contribution in [0.2, 0.25) is 0 Å². The average Bonchev–Trinajstić information content (AvgIpc) is 3.12. The maximum absolute atomic E-state index is 11.2. The van der Waals surface area contributed by atoms with E-state index in [1.54, 1.807) is 18.5 Å². The lowest BCUT2D eigenvalue weighted by Crippen LogP contribution is -2.02. The molecule has 27 heavy (non-hydrogen) atoms. The molecule has 0 fully saturated rings. The average molecular weight is 361 g/mol. The van der Waals surface area contributed by atoms with Crippen LogP contribution < -0.4 is 10.1 Å². The molecule has 2 N–H and O–H groups in total. The predicted octanol–water partition coefficient (Wildman–Crippen LogP) is 4.34. The number of fused-ring (bicyclic) bond motifs is 1. The van der Waals surface area contributed by atoms with Crippen LogP contribution in [0.1, 0.15) is 10.4 Å². The molecule has 0 saturated carbocycles. The molecular weight excluding hydrogens is 346 g/mol. The number of carboxylic acids is 1. The lowest BCUT2D eigenvalue weighted by molar-refractivity contribution is 0.0697. The molecule has 4 aromatic rings. The number of methoxy groups -OCH3 is 1. The fourth-order valence-corrected chi connectivity index (χ4v) is 2.73. The number of hydrogen-bond donors (Lipinski definition) is 2. The van der Waals surface area contributed by atoms with Crippen LogP contribution in [0.15, 0.2) is 65.3 Å². The minimum atomic E-state index is -1.03. The van der Waals surface area contributed by atoms with Crippen LogP contribution in [0.4, 0.5) is 11.5 Å². The Balaban J connectivity index is 1.69. The summed E-state index contributed by atoms with van der Waals surface area (Å²) in [5.74, 6) is 0.506. The van der Waals surface area contributed by atoms with Crippen molar-refractivity contribution in [1.29, 1.82) is 0 Å². The van der Waals surface area contributed by atoms with Gasteiger partial charge < -0.3 is 19.6 Å². The number of nitrogens with one attached hydrogen (secondary N) is 1. The number of aromatic nitrogens is 2. The zero-order valence-corrected chi connectivity index (χ0v) is 14.3. The third-order valence-electron chi connectivity index (χ3n) is 4.02. The van der Waals surface area contributed by atoms with Crippen LogP contribution in [-0.4, -0.2) is 28.2 Å². The molecule has 0 atom stereocenters. The van der Waals surface area contributed by atoms with Gasteiger partial charge in [0.2, 0.25) is 0 Å². The minimum absolute atomic E-state index is 0.139. The molecule has 0 amide bonds. The second kappa shape index (κ2) is 6.80. The van der Waals surface area contributed by atoms with Crippen LogP contribution in [0.5, 0.6) is 5.75 Å². The van der Waals surface area contributed by atoms with Gasteiger partial charge in [-0.05, 0) is 30.3 Å². The molecule has 2 aromatic carbocycles. The number of carbonyl (C=O) groups is 1. The summed E-state index contributed by atoms with van der Waals surface area (Å²) in [4.78, 5) is 19.9. The van der Waals surface area contributed by atoms with Gasteiger partial charge in [-0.25, -0.2) is 9.78 Å². The van der Waals surface area contributed by atoms with Crippen molar-refractivity contribution < 1.29 is 19.1 Å². The summed E-state index contributed by atoms with van der Waals surface area (Å²) in [5, 5.41) is 13.2. The van der Waals surface area contributed by atoms with E-state index in [2.05, 4.69) is 15.3 Å². The van der Waals surface area contributed by atoms with E-state index in [9.17, 15) is 9.90 Å². The molecule has 2 heterocycles. The van der Waals surface area contributed by atoms with Crippen LogP contribution in [0.3, 0.4) is 0 Å². The molecule has 0 radical (unpaired) electrons. The van der Waals surface area contributed by atoms with Crippen LogP contribution in [0.25, 0.3) is 22.4 Å². The number of para-hydroxylation sites is 1. The van der Waals surface area contributed by atoms with E-state index in [1.807, 2.05) is 30.3 Å². The lowest BCUT2D eigenvalue weighted by atomic mass is 10.2. The number of furan rings is 1. The second-order valence-electron chi connectivity index (χ2n) is 5.78. The fraction of sp³-hybridized carbons (Fsp3) is 0.0500. The first-order chi connectivity index (χ1) is 13.1. The van der Waals surface area contributed by atoms with Gasteiger partial charge in [-0.3, -0.25) is 4.98 Å².